The van der Waals surface area contributed by atoms with E-state index in [4.69, 9.17) is 9.84 Å². The van der Waals surface area contributed by atoms with E-state index >= 15 is 0 Å². The van der Waals surface area contributed by atoms with Crippen LogP contribution in [0.2, 0.25) is 0 Å². The molecule has 186 valence electrons. The number of carboxylic acids is 1. The molecule has 0 unspecified atom stereocenters. The molecule has 0 atom stereocenters. The van der Waals surface area contributed by atoms with Crippen molar-refractivity contribution >= 4 is 17.1 Å². The van der Waals surface area contributed by atoms with Crippen molar-refractivity contribution in [1.82, 2.24) is 24.9 Å². The number of fused-ring (bicyclic) bond motifs is 1. The number of alkyl halides is 3. The summed E-state index contributed by atoms with van der Waals surface area (Å²) in [4.78, 5) is 30.6. The number of halogens is 3. The van der Waals surface area contributed by atoms with E-state index in [1.54, 1.807) is 30.6 Å². The monoisotopic (exact) mass is 497 g/mol. The first-order valence-electron chi connectivity index (χ1n) is 11.5. The van der Waals surface area contributed by atoms with Crippen LogP contribution in [0, 0.1) is 5.92 Å². The van der Waals surface area contributed by atoms with Gasteiger partial charge >= 0.3 is 12.1 Å². The zero-order valence-corrected chi connectivity index (χ0v) is 19.0. The molecule has 0 amide bonds. The molecule has 36 heavy (non-hydrogen) atoms. The van der Waals surface area contributed by atoms with Gasteiger partial charge in [0.25, 0.3) is 0 Å². The van der Waals surface area contributed by atoms with Gasteiger partial charge in [-0.05, 0) is 55.9 Å². The summed E-state index contributed by atoms with van der Waals surface area (Å²) in [6, 6.07) is 8.16. The first-order valence-corrected chi connectivity index (χ1v) is 11.5. The van der Waals surface area contributed by atoms with E-state index < -0.39 is 17.7 Å². The van der Waals surface area contributed by atoms with Gasteiger partial charge in [0.2, 0.25) is 5.88 Å². The minimum Gasteiger partial charge on any atom is -0.481 e. The minimum atomic E-state index is -4.48. The number of carboxylic acid groups (broad SMARTS) is 1. The fraction of sp³-hybridized carbons (Fsp3) is 0.320. The summed E-state index contributed by atoms with van der Waals surface area (Å²) in [5.74, 6) is 0.327. The van der Waals surface area contributed by atoms with Gasteiger partial charge in [-0.15, -0.1) is 0 Å². The third kappa shape index (κ3) is 5.29. The van der Waals surface area contributed by atoms with Crippen molar-refractivity contribution in [3.63, 3.8) is 0 Å². The number of nitrogens with zero attached hydrogens (tertiary/aromatic N) is 4. The molecule has 0 bridgehead atoms. The van der Waals surface area contributed by atoms with Crippen molar-refractivity contribution in [1.29, 1.82) is 0 Å². The van der Waals surface area contributed by atoms with Crippen LogP contribution in [0.25, 0.3) is 33.8 Å². The molecule has 4 aromatic heterocycles. The van der Waals surface area contributed by atoms with Crippen LogP contribution in [0.4, 0.5) is 13.2 Å². The van der Waals surface area contributed by atoms with Crippen LogP contribution in [0.5, 0.6) is 5.88 Å². The third-order valence-corrected chi connectivity index (χ3v) is 6.28. The minimum absolute atomic E-state index is 0.0244. The first-order chi connectivity index (χ1) is 17.2. The van der Waals surface area contributed by atoms with Crippen LogP contribution in [0.15, 0.2) is 48.9 Å². The maximum absolute atomic E-state index is 12.9. The van der Waals surface area contributed by atoms with E-state index in [-0.39, 0.29) is 29.6 Å². The molecule has 0 radical (unpaired) electrons. The second-order valence-electron chi connectivity index (χ2n) is 8.85. The number of imidazole rings is 1. The Balaban J connectivity index is 1.23. The highest BCUT2D eigenvalue weighted by Crippen LogP contribution is 2.32. The molecule has 1 saturated carbocycles. The van der Waals surface area contributed by atoms with Crippen molar-refractivity contribution in [2.75, 3.05) is 0 Å². The van der Waals surface area contributed by atoms with Gasteiger partial charge in [-0.25, -0.2) is 15.0 Å². The highest BCUT2D eigenvalue weighted by Gasteiger charge is 2.31. The van der Waals surface area contributed by atoms with E-state index in [9.17, 15) is 18.0 Å². The number of hydrogen-bond acceptors (Lipinski definition) is 6. The van der Waals surface area contributed by atoms with Gasteiger partial charge in [-0.2, -0.15) is 13.2 Å². The summed E-state index contributed by atoms with van der Waals surface area (Å²) in [7, 11) is 0. The zero-order chi connectivity index (χ0) is 25.3. The fourth-order valence-corrected chi connectivity index (χ4v) is 4.37. The largest absolute Gasteiger partial charge is 0.481 e. The number of nitrogens with one attached hydrogen (secondary N) is 1. The lowest BCUT2D eigenvalue weighted by Gasteiger charge is -2.27. The van der Waals surface area contributed by atoms with Crippen LogP contribution >= 0.6 is 0 Å². The lowest BCUT2D eigenvalue weighted by atomic mass is 9.85. The summed E-state index contributed by atoms with van der Waals surface area (Å²) >= 11 is 0. The van der Waals surface area contributed by atoms with Crippen LogP contribution < -0.4 is 4.74 Å². The first kappa shape index (κ1) is 23.7. The van der Waals surface area contributed by atoms with Crippen LogP contribution in [-0.2, 0) is 11.0 Å². The van der Waals surface area contributed by atoms with E-state index in [1.165, 1.54) is 0 Å². The van der Waals surface area contributed by atoms with Crippen molar-refractivity contribution in [2.24, 2.45) is 5.92 Å². The maximum Gasteiger partial charge on any atom is 0.417 e. The molecule has 4 aromatic rings. The van der Waals surface area contributed by atoms with Crippen molar-refractivity contribution < 1.29 is 27.8 Å². The average molecular weight is 497 g/mol. The van der Waals surface area contributed by atoms with Gasteiger partial charge in [0.15, 0.2) is 5.65 Å². The van der Waals surface area contributed by atoms with Gasteiger partial charge in [-0.3, -0.25) is 9.78 Å². The topological polar surface area (TPSA) is 114 Å². The molecule has 1 aliphatic carbocycles. The van der Waals surface area contributed by atoms with E-state index in [0.29, 0.717) is 23.0 Å². The number of aromatic nitrogens is 5. The molecule has 8 nitrogen and oxygen atoms in total. The molecular formula is C25H22F3N5O3. The van der Waals surface area contributed by atoms with Gasteiger partial charge in [0.05, 0.1) is 16.8 Å². The lowest BCUT2D eigenvalue weighted by Crippen LogP contribution is -2.25. The molecule has 5 rings (SSSR count). The Kier molecular flexibility index (Phi) is 6.29. The highest BCUT2D eigenvalue weighted by molar-refractivity contribution is 5.76. The fourth-order valence-electron chi connectivity index (χ4n) is 4.37. The Bertz CT molecular complexity index is 1360. The number of H-pyrrole nitrogens is 1. The highest BCUT2D eigenvalue weighted by atomic mass is 19.4. The number of ether oxygens (including phenoxy) is 1. The Morgan fingerprint density at radius 2 is 1.75 bits per heavy atom. The Hall–Kier alpha value is -4.02. The van der Waals surface area contributed by atoms with Crippen molar-refractivity contribution in [3.05, 3.63) is 54.5 Å². The predicted octanol–water partition coefficient (Wildman–Crippen LogP) is 5.51. The second kappa shape index (κ2) is 9.56. The summed E-state index contributed by atoms with van der Waals surface area (Å²) in [6.45, 7) is 0. The molecule has 2 N–H and O–H groups in total. The van der Waals surface area contributed by atoms with Crippen LogP contribution in [0.1, 0.15) is 37.7 Å². The van der Waals surface area contributed by atoms with Gasteiger partial charge in [-0.1, -0.05) is 0 Å². The third-order valence-electron chi connectivity index (χ3n) is 6.28. The van der Waals surface area contributed by atoms with Crippen molar-refractivity contribution in [2.45, 2.75) is 44.4 Å². The summed E-state index contributed by atoms with van der Waals surface area (Å²) in [6.07, 6.45) is 3.03. The zero-order valence-electron chi connectivity index (χ0n) is 19.0. The van der Waals surface area contributed by atoms with Crippen molar-refractivity contribution in [3.8, 4) is 28.5 Å². The molecule has 0 saturated heterocycles. The van der Waals surface area contributed by atoms with Gasteiger partial charge in [0, 0.05) is 42.2 Å². The van der Waals surface area contributed by atoms with Crippen LogP contribution in [-0.4, -0.2) is 42.1 Å². The molecular weight excluding hydrogens is 475 g/mol. The molecule has 0 aromatic carbocycles. The Morgan fingerprint density at radius 1 is 1.00 bits per heavy atom. The van der Waals surface area contributed by atoms with E-state index in [1.807, 2.05) is 6.07 Å². The van der Waals surface area contributed by atoms with Crippen LogP contribution in [0.3, 0.4) is 0 Å². The second-order valence-corrected chi connectivity index (χ2v) is 8.85. The number of aliphatic carboxylic acids is 1. The normalized spacial score (nSPS) is 18.3. The summed E-state index contributed by atoms with van der Waals surface area (Å²) in [5, 5.41) is 8.94. The van der Waals surface area contributed by atoms with Gasteiger partial charge < -0.3 is 14.8 Å². The predicted molar refractivity (Wildman–Crippen MR) is 124 cm³/mol. The quantitative estimate of drug-likeness (QED) is 0.361. The number of carbonyl (C=O) groups is 1. The number of hydrogen-bond donors (Lipinski definition) is 2. The smallest absolute Gasteiger partial charge is 0.417 e. The Morgan fingerprint density at radius 3 is 2.39 bits per heavy atom. The molecule has 4 heterocycles. The maximum atomic E-state index is 12.9. The average Bonchev–Trinajstić information content (AvgIpc) is 3.29. The standard InChI is InChI=1S/C25H22F3N5O3/c26-25(27,28)17-10-20-24(31-13-17)33-23(32-20)16-3-7-19(29-12-16)15-4-8-21(30-11-15)36-18-5-1-14(2-6-18)9-22(34)35/h3-4,7-8,10-14,18H,1-2,5-6,9H2,(H,34,35)(H,31,32,33). The number of rotatable bonds is 6. The Labute approximate surface area is 203 Å². The number of pyridine rings is 3. The van der Waals surface area contributed by atoms with Gasteiger partial charge in [0.1, 0.15) is 11.9 Å². The van der Waals surface area contributed by atoms with E-state index in [2.05, 4.69) is 24.9 Å². The lowest BCUT2D eigenvalue weighted by molar-refractivity contribution is -0.139. The van der Waals surface area contributed by atoms with E-state index in [0.717, 1.165) is 43.5 Å². The SMILES string of the molecule is O=C(O)CC1CCC(Oc2ccc(-c3ccc(-c4nc5ncc(C(F)(F)F)cc5[nH]4)cn3)cn2)CC1. The molecule has 11 heteroatoms. The molecule has 1 aliphatic rings. The summed E-state index contributed by atoms with van der Waals surface area (Å²) < 4.78 is 44.8. The molecule has 0 spiro atoms. The number of aromatic amines is 1. The summed E-state index contributed by atoms with van der Waals surface area (Å²) in [5.41, 5.74) is 1.60. The molecule has 1 fully saturated rings. The molecule has 0 aliphatic heterocycles.